The van der Waals surface area contributed by atoms with Crippen LogP contribution in [0, 0.1) is 0 Å². The molecule has 0 unspecified atom stereocenters. The molecule has 0 atom stereocenters. The lowest BCUT2D eigenvalue weighted by atomic mass is 10.2. The molecule has 5 nitrogen and oxygen atoms in total. The molecular weight excluding hydrogens is 338 g/mol. The van der Waals surface area contributed by atoms with Crippen molar-refractivity contribution in [3.63, 3.8) is 0 Å². The molecule has 0 aliphatic carbocycles. The summed E-state index contributed by atoms with van der Waals surface area (Å²) >= 11 is 3.34. The number of carbonyl (C=O) groups is 2. The summed E-state index contributed by atoms with van der Waals surface area (Å²) in [4.78, 5) is 22.0. The summed E-state index contributed by atoms with van der Waals surface area (Å²) in [5.74, 6) is -0.250. The van der Waals surface area contributed by atoms with Crippen molar-refractivity contribution in [3.8, 4) is 11.5 Å². The van der Waals surface area contributed by atoms with Gasteiger partial charge in [-0.3, -0.25) is 9.59 Å². The predicted octanol–water partition coefficient (Wildman–Crippen LogP) is 3.06. The van der Waals surface area contributed by atoms with Crippen LogP contribution in [0.3, 0.4) is 0 Å². The molecule has 0 bridgehead atoms. The molecule has 108 valence electrons. The largest absolute Gasteiger partial charge is 0.480 e. The van der Waals surface area contributed by atoms with Gasteiger partial charge in [-0.2, -0.15) is 0 Å². The third-order valence-electron chi connectivity index (χ3n) is 2.57. The number of benzene rings is 2. The van der Waals surface area contributed by atoms with Gasteiger partial charge in [0.1, 0.15) is 18.0 Å². The number of aliphatic carboxylic acids is 1. The van der Waals surface area contributed by atoms with E-state index in [9.17, 15) is 9.59 Å². The molecule has 0 aromatic heterocycles. The van der Waals surface area contributed by atoms with Gasteiger partial charge < -0.3 is 15.2 Å². The quantitative estimate of drug-likeness (QED) is 0.869. The van der Waals surface area contributed by atoms with Crippen molar-refractivity contribution in [2.45, 2.75) is 0 Å². The predicted molar refractivity (Wildman–Crippen MR) is 80.6 cm³/mol. The summed E-state index contributed by atoms with van der Waals surface area (Å²) in [6, 6.07) is 13.8. The van der Waals surface area contributed by atoms with Crippen molar-refractivity contribution < 1.29 is 19.4 Å². The first-order valence-corrected chi connectivity index (χ1v) is 6.87. The molecule has 2 rings (SSSR count). The molecular formula is C15H12BrNO4. The van der Waals surface area contributed by atoms with Crippen molar-refractivity contribution >= 4 is 27.8 Å². The van der Waals surface area contributed by atoms with E-state index < -0.39 is 18.4 Å². The molecule has 0 saturated heterocycles. The van der Waals surface area contributed by atoms with Crippen LogP contribution < -0.4 is 10.1 Å². The molecule has 2 aromatic carbocycles. The van der Waals surface area contributed by atoms with E-state index >= 15 is 0 Å². The Labute approximate surface area is 129 Å². The van der Waals surface area contributed by atoms with E-state index in [0.29, 0.717) is 17.1 Å². The molecule has 2 aromatic rings. The summed E-state index contributed by atoms with van der Waals surface area (Å²) in [5.41, 5.74) is 0.374. The second kappa shape index (κ2) is 6.90. The maximum absolute atomic E-state index is 11.6. The standard InChI is InChI=1S/C15H12BrNO4/c16-11-3-7-13(8-4-11)21-12-5-1-10(2-6-12)15(20)17-9-14(18)19/h1-8H,9H2,(H,17,20)(H,18,19). The fourth-order valence-electron chi connectivity index (χ4n) is 1.57. The van der Waals surface area contributed by atoms with Gasteiger partial charge in [0.2, 0.25) is 0 Å². The maximum Gasteiger partial charge on any atom is 0.322 e. The molecule has 2 N–H and O–H groups in total. The highest BCUT2D eigenvalue weighted by Crippen LogP contribution is 2.23. The Hall–Kier alpha value is -2.34. The maximum atomic E-state index is 11.6. The van der Waals surface area contributed by atoms with Crippen LogP contribution in [0.1, 0.15) is 10.4 Å². The molecule has 0 aliphatic heterocycles. The van der Waals surface area contributed by atoms with Crippen molar-refractivity contribution in [2.75, 3.05) is 6.54 Å². The minimum Gasteiger partial charge on any atom is -0.480 e. The molecule has 0 radical (unpaired) electrons. The fourth-order valence-corrected chi connectivity index (χ4v) is 1.84. The van der Waals surface area contributed by atoms with E-state index in [1.165, 1.54) is 0 Å². The Morgan fingerprint density at radius 1 is 1.00 bits per heavy atom. The zero-order valence-electron chi connectivity index (χ0n) is 10.9. The molecule has 21 heavy (non-hydrogen) atoms. The van der Waals surface area contributed by atoms with Gasteiger partial charge in [-0.1, -0.05) is 15.9 Å². The van der Waals surface area contributed by atoms with Gasteiger partial charge in [-0.05, 0) is 48.5 Å². The normalized spacial score (nSPS) is 9.95. The van der Waals surface area contributed by atoms with Crippen LogP contribution in [-0.2, 0) is 4.79 Å². The van der Waals surface area contributed by atoms with E-state index in [1.54, 1.807) is 24.3 Å². The van der Waals surface area contributed by atoms with E-state index in [2.05, 4.69) is 21.2 Å². The van der Waals surface area contributed by atoms with Crippen LogP contribution in [0.25, 0.3) is 0 Å². The number of rotatable bonds is 5. The average molecular weight is 350 g/mol. The molecule has 1 amide bonds. The highest BCUT2D eigenvalue weighted by atomic mass is 79.9. The van der Waals surface area contributed by atoms with Gasteiger partial charge >= 0.3 is 5.97 Å². The highest BCUT2D eigenvalue weighted by molar-refractivity contribution is 9.10. The Kier molecular flexibility index (Phi) is 4.94. The lowest BCUT2D eigenvalue weighted by Gasteiger charge is -2.07. The number of carboxylic acid groups (broad SMARTS) is 1. The third kappa shape index (κ3) is 4.61. The van der Waals surface area contributed by atoms with Crippen LogP contribution >= 0.6 is 15.9 Å². The number of ether oxygens (including phenoxy) is 1. The van der Waals surface area contributed by atoms with E-state index in [-0.39, 0.29) is 0 Å². The SMILES string of the molecule is O=C(O)CNC(=O)c1ccc(Oc2ccc(Br)cc2)cc1. The number of halogens is 1. The molecule has 0 aliphatic rings. The highest BCUT2D eigenvalue weighted by Gasteiger charge is 2.07. The van der Waals surface area contributed by atoms with Crippen LogP contribution in [0.15, 0.2) is 53.0 Å². The van der Waals surface area contributed by atoms with Crippen molar-refractivity contribution in [1.29, 1.82) is 0 Å². The van der Waals surface area contributed by atoms with E-state index in [4.69, 9.17) is 9.84 Å². The van der Waals surface area contributed by atoms with E-state index in [0.717, 1.165) is 4.47 Å². The van der Waals surface area contributed by atoms with Gasteiger partial charge in [0.25, 0.3) is 5.91 Å². The number of amides is 1. The van der Waals surface area contributed by atoms with Gasteiger partial charge in [0, 0.05) is 10.0 Å². The van der Waals surface area contributed by atoms with Gasteiger partial charge in [0.15, 0.2) is 0 Å². The second-order valence-electron chi connectivity index (χ2n) is 4.16. The third-order valence-corrected chi connectivity index (χ3v) is 3.09. The lowest BCUT2D eigenvalue weighted by Crippen LogP contribution is -2.29. The summed E-state index contributed by atoms with van der Waals surface area (Å²) in [7, 11) is 0. The molecule has 0 heterocycles. The Bertz CT molecular complexity index is 638. The van der Waals surface area contributed by atoms with Crippen LogP contribution in [0.4, 0.5) is 0 Å². The Morgan fingerprint density at radius 3 is 2.05 bits per heavy atom. The van der Waals surface area contributed by atoms with Crippen molar-refractivity contribution in [2.24, 2.45) is 0 Å². The number of hydrogen-bond acceptors (Lipinski definition) is 3. The Morgan fingerprint density at radius 2 is 1.52 bits per heavy atom. The summed E-state index contributed by atoms with van der Waals surface area (Å²) in [6.07, 6.45) is 0. The minimum absolute atomic E-state index is 0.374. The molecule has 0 fully saturated rings. The minimum atomic E-state index is -1.08. The summed E-state index contributed by atoms with van der Waals surface area (Å²) < 4.78 is 6.58. The summed E-state index contributed by atoms with van der Waals surface area (Å²) in [5, 5.41) is 10.8. The number of hydrogen-bond donors (Lipinski definition) is 2. The lowest BCUT2D eigenvalue weighted by molar-refractivity contribution is -0.135. The van der Waals surface area contributed by atoms with Crippen LogP contribution in [-0.4, -0.2) is 23.5 Å². The van der Waals surface area contributed by atoms with Crippen LogP contribution in [0.5, 0.6) is 11.5 Å². The van der Waals surface area contributed by atoms with Crippen LogP contribution in [0.2, 0.25) is 0 Å². The first kappa shape index (κ1) is 15.1. The smallest absolute Gasteiger partial charge is 0.322 e. The van der Waals surface area contributed by atoms with Gasteiger partial charge in [-0.25, -0.2) is 0 Å². The monoisotopic (exact) mass is 349 g/mol. The van der Waals surface area contributed by atoms with Gasteiger partial charge in [-0.15, -0.1) is 0 Å². The Balaban J connectivity index is 2.00. The first-order valence-electron chi connectivity index (χ1n) is 6.08. The topological polar surface area (TPSA) is 75.6 Å². The first-order chi connectivity index (χ1) is 10.0. The second-order valence-corrected chi connectivity index (χ2v) is 5.07. The van der Waals surface area contributed by atoms with E-state index in [1.807, 2.05) is 24.3 Å². The number of nitrogens with one attached hydrogen (secondary N) is 1. The molecule has 0 spiro atoms. The zero-order chi connectivity index (χ0) is 15.2. The molecule has 6 heteroatoms. The zero-order valence-corrected chi connectivity index (χ0v) is 12.5. The van der Waals surface area contributed by atoms with Crippen molar-refractivity contribution in [3.05, 3.63) is 58.6 Å². The molecule has 0 saturated carbocycles. The van der Waals surface area contributed by atoms with Gasteiger partial charge in [0.05, 0.1) is 0 Å². The number of carboxylic acids is 1. The summed E-state index contributed by atoms with van der Waals surface area (Å²) in [6.45, 7) is -0.407. The number of carbonyl (C=O) groups excluding carboxylic acids is 1. The average Bonchev–Trinajstić information content (AvgIpc) is 2.48. The fraction of sp³-hybridized carbons (Fsp3) is 0.0667. The van der Waals surface area contributed by atoms with Crippen molar-refractivity contribution in [1.82, 2.24) is 5.32 Å².